The van der Waals surface area contributed by atoms with E-state index in [-0.39, 0.29) is 0 Å². The zero-order valence-corrected chi connectivity index (χ0v) is 12.6. The van der Waals surface area contributed by atoms with Gasteiger partial charge in [-0.3, -0.25) is 0 Å². The van der Waals surface area contributed by atoms with Gasteiger partial charge in [-0.05, 0) is 50.0 Å². The third-order valence-corrected chi connectivity index (χ3v) is 3.16. The van der Waals surface area contributed by atoms with Crippen molar-refractivity contribution in [3.8, 4) is 11.5 Å². The van der Waals surface area contributed by atoms with Crippen LogP contribution in [0.2, 0.25) is 0 Å². The van der Waals surface area contributed by atoms with Crippen molar-refractivity contribution in [3.63, 3.8) is 0 Å². The van der Waals surface area contributed by atoms with Crippen molar-refractivity contribution >= 4 is 0 Å². The smallest absolute Gasteiger partial charge is 0.169 e. The van der Waals surface area contributed by atoms with Crippen LogP contribution in [-0.4, -0.2) is 7.11 Å². The molecule has 1 aromatic carbocycles. The Labute approximate surface area is 116 Å². The Bertz CT molecular complexity index is 458. The van der Waals surface area contributed by atoms with Gasteiger partial charge in [0, 0.05) is 0 Å². The van der Waals surface area contributed by atoms with Crippen molar-refractivity contribution in [2.75, 3.05) is 7.11 Å². The molecule has 104 valence electrons. The largest absolute Gasteiger partial charge is 0.493 e. The molecule has 0 spiro atoms. The van der Waals surface area contributed by atoms with E-state index in [4.69, 9.17) is 9.47 Å². The Hall–Kier alpha value is -1.70. The summed E-state index contributed by atoms with van der Waals surface area (Å²) in [6.07, 6.45) is 6.98. The highest BCUT2D eigenvalue weighted by atomic mass is 16.5. The summed E-state index contributed by atoms with van der Waals surface area (Å²) in [5.74, 6) is 2.91. The van der Waals surface area contributed by atoms with Gasteiger partial charge in [0.2, 0.25) is 0 Å². The third-order valence-electron chi connectivity index (χ3n) is 3.16. The molecule has 0 N–H and O–H groups in total. The van der Waals surface area contributed by atoms with Crippen LogP contribution in [-0.2, 0) is 0 Å². The molecule has 0 aliphatic rings. The molecule has 0 heterocycles. The second-order valence-electron chi connectivity index (χ2n) is 4.62. The van der Waals surface area contributed by atoms with Crippen molar-refractivity contribution < 1.29 is 9.47 Å². The fourth-order valence-corrected chi connectivity index (χ4v) is 1.75. The number of hydrogen-bond acceptors (Lipinski definition) is 2. The van der Waals surface area contributed by atoms with E-state index in [1.165, 1.54) is 5.56 Å². The molecule has 0 amide bonds. The molecule has 0 fully saturated rings. The third kappa shape index (κ3) is 4.47. The van der Waals surface area contributed by atoms with Crippen molar-refractivity contribution in [2.45, 2.75) is 40.0 Å². The predicted molar refractivity (Wildman–Crippen MR) is 80.9 cm³/mol. The van der Waals surface area contributed by atoms with Gasteiger partial charge in [-0.25, -0.2) is 0 Å². The minimum atomic E-state index is 0.521. The van der Waals surface area contributed by atoms with Gasteiger partial charge in [0.25, 0.3) is 0 Å². The number of methoxy groups -OCH3 is 1. The highest BCUT2D eigenvalue weighted by Gasteiger charge is 2.10. The zero-order valence-electron chi connectivity index (χ0n) is 12.6. The molecule has 1 atom stereocenters. The van der Waals surface area contributed by atoms with E-state index in [2.05, 4.69) is 26.0 Å². The van der Waals surface area contributed by atoms with Crippen molar-refractivity contribution in [1.29, 1.82) is 0 Å². The fourth-order valence-electron chi connectivity index (χ4n) is 1.75. The molecule has 0 saturated carbocycles. The maximum Gasteiger partial charge on any atom is 0.169 e. The molecule has 1 unspecified atom stereocenters. The average molecular weight is 260 g/mol. The topological polar surface area (TPSA) is 18.5 Å². The van der Waals surface area contributed by atoms with Crippen molar-refractivity contribution in [3.05, 3.63) is 47.7 Å². The number of rotatable bonds is 6. The fraction of sp³-hybridized carbons (Fsp3) is 0.412. The zero-order chi connectivity index (χ0) is 14.3. The van der Waals surface area contributed by atoms with Gasteiger partial charge in [-0.2, -0.15) is 0 Å². The molecule has 0 saturated heterocycles. The van der Waals surface area contributed by atoms with Gasteiger partial charge in [-0.1, -0.05) is 32.1 Å². The predicted octanol–water partition coefficient (Wildman–Crippen LogP) is 5.07. The lowest BCUT2D eigenvalue weighted by Gasteiger charge is -2.15. The number of ether oxygens (including phenoxy) is 2. The lowest BCUT2D eigenvalue weighted by molar-refractivity contribution is 0.361. The Kier molecular flexibility index (Phi) is 6.20. The molecule has 0 aliphatic heterocycles. The maximum atomic E-state index is 5.86. The van der Waals surface area contributed by atoms with E-state index in [1.807, 2.05) is 38.1 Å². The molecule has 1 aromatic rings. The molecule has 2 nitrogen and oxygen atoms in total. The molecule has 1 rings (SSSR count). The van der Waals surface area contributed by atoms with Crippen molar-refractivity contribution in [1.82, 2.24) is 0 Å². The summed E-state index contributed by atoms with van der Waals surface area (Å²) in [6.45, 7) is 8.32. The van der Waals surface area contributed by atoms with Crippen molar-refractivity contribution in [2.24, 2.45) is 0 Å². The van der Waals surface area contributed by atoms with Crippen LogP contribution in [0.4, 0.5) is 0 Å². The van der Waals surface area contributed by atoms with E-state index in [1.54, 1.807) is 7.11 Å². The van der Waals surface area contributed by atoms with Gasteiger partial charge in [0.05, 0.1) is 7.11 Å². The van der Waals surface area contributed by atoms with Crippen LogP contribution < -0.4 is 9.47 Å². The molecule has 0 bridgehead atoms. The first-order valence-corrected chi connectivity index (χ1v) is 6.77. The van der Waals surface area contributed by atoms with Crippen LogP contribution in [0.25, 0.3) is 0 Å². The number of allylic oxidation sites excluding steroid dienone is 4. The summed E-state index contributed by atoms with van der Waals surface area (Å²) in [6, 6.07) is 6.14. The first-order chi connectivity index (χ1) is 9.12. The number of hydrogen-bond donors (Lipinski definition) is 0. The first-order valence-electron chi connectivity index (χ1n) is 6.77. The van der Waals surface area contributed by atoms with Crippen LogP contribution in [0, 0.1) is 0 Å². The van der Waals surface area contributed by atoms with Gasteiger partial charge in [0.15, 0.2) is 11.5 Å². The van der Waals surface area contributed by atoms with Crippen LogP contribution in [0.15, 0.2) is 42.2 Å². The Balaban J connectivity index is 3.02. The number of benzene rings is 1. The Morgan fingerprint density at radius 2 is 2.05 bits per heavy atom. The molecule has 19 heavy (non-hydrogen) atoms. The van der Waals surface area contributed by atoms with Gasteiger partial charge >= 0.3 is 0 Å². The highest BCUT2D eigenvalue weighted by molar-refractivity contribution is 5.44. The summed E-state index contributed by atoms with van der Waals surface area (Å²) in [5, 5.41) is 0. The molecule has 0 aromatic heterocycles. The Morgan fingerprint density at radius 1 is 1.32 bits per heavy atom. The summed E-state index contributed by atoms with van der Waals surface area (Å²) >= 11 is 0. The lowest BCUT2D eigenvalue weighted by Crippen LogP contribution is -1.97. The molecule has 0 radical (unpaired) electrons. The van der Waals surface area contributed by atoms with Crippen LogP contribution >= 0.6 is 0 Å². The monoisotopic (exact) mass is 260 g/mol. The lowest BCUT2D eigenvalue weighted by atomic mass is 9.98. The standard InChI is InChI=1S/C17H24O2/c1-6-8-9-14(4)19-17-12-15(13(3)7-2)10-11-16(17)18-5/h6,8-13H,7H2,1-5H3/b8-6-,14-9+. The summed E-state index contributed by atoms with van der Waals surface area (Å²) in [7, 11) is 1.66. The molecular weight excluding hydrogens is 236 g/mol. The average Bonchev–Trinajstić information content (AvgIpc) is 2.44. The minimum Gasteiger partial charge on any atom is -0.493 e. The normalized spacial score (nSPS) is 13.6. The molecule has 2 heteroatoms. The van der Waals surface area contributed by atoms with Crippen LogP contribution in [0.5, 0.6) is 11.5 Å². The van der Waals surface area contributed by atoms with Gasteiger partial charge < -0.3 is 9.47 Å². The quantitative estimate of drug-likeness (QED) is 0.525. The molecule has 0 aliphatic carbocycles. The summed E-state index contributed by atoms with van der Waals surface area (Å²) in [5.41, 5.74) is 1.28. The highest BCUT2D eigenvalue weighted by Crippen LogP contribution is 2.32. The Morgan fingerprint density at radius 3 is 2.63 bits per heavy atom. The van der Waals surface area contributed by atoms with E-state index >= 15 is 0 Å². The van der Waals surface area contributed by atoms with E-state index in [9.17, 15) is 0 Å². The second-order valence-corrected chi connectivity index (χ2v) is 4.62. The second kappa shape index (κ2) is 7.67. The van der Waals surface area contributed by atoms with Gasteiger partial charge in [-0.15, -0.1) is 0 Å². The van der Waals surface area contributed by atoms with Crippen LogP contribution in [0.3, 0.4) is 0 Å². The SMILES string of the molecule is C/C=C\C=C(/C)Oc1cc(C(C)CC)ccc1OC. The van der Waals surface area contributed by atoms with E-state index in [0.717, 1.165) is 23.7 Å². The van der Waals surface area contributed by atoms with Gasteiger partial charge in [0.1, 0.15) is 5.76 Å². The first kappa shape index (κ1) is 15.4. The minimum absolute atomic E-state index is 0.521. The van der Waals surface area contributed by atoms with Crippen LogP contribution in [0.1, 0.15) is 45.6 Å². The molecular formula is C17H24O2. The summed E-state index contributed by atoms with van der Waals surface area (Å²) < 4.78 is 11.2. The summed E-state index contributed by atoms with van der Waals surface area (Å²) in [4.78, 5) is 0. The van der Waals surface area contributed by atoms with E-state index < -0.39 is 0 Å². The maximum absolute atomic E-state index is 5.86. The van der Waals surface area contributed by atoms with E-state index in [0.29, 0.717) is 5.92 Å².